The first kappa shape index (κ1) is 76.5. The van der Waals surface area contributed by atoms with E-state index >= 15 is 0 Å². The van der Waals surface area contributed by atoms with Gasteiger partial charge in [-0.3, -0.25) is 4.79 Å². The highest BCUT2D eigenvalue weighted by molar-refractivity contribution is 5.76. The van der Waals surface area contributed by atoms with E-state index in [2.05, 4.69) is 92.1 Å². The minimum Gasteiger partial charge on any atom is -0.394 e. The van der Waals surface area contributed by atoms with Gasteiger partial charge in [-0.25, -0.2) is 0 Å². The van der Waals surface area contributed by atoms with Gasteiger partial charge in [0, 0.05) is 6.42 Å². The molecule has 9 N–H and O–H groups in total. The summed E-state index contributed by atoms with van der Waals surface area (Å²) in [6.45, 7) is 2.76. The Morgan fingerprint density at radius 2 is 0.831 bits per heavy atom. The summed E-state index contributed by atoms with van der Waals surface area (Å²) in [4.78, 5) is 13.3. The van der Waals surface area contributed by atoms with Gasteiger partial charge in [-0.2, -0.15) is 0 Å². The second-order valence-electron chi connectivity index (χ2n) is 23.6. The molecule has 12 atom stereocenters. The molecule has 14 heteroatoms. The number of carbonyl (C=O) groups excluding carboxylic acids is 1. The summed E-state index contributed by atoms with van der Waals surface area (Å²) in [5, 5.41) is 87.5. The third-order valence-electron chi connectivity index (χ3n) is 16.2. The Bertz CT molecular complexity index is 1670. The molecule has 0 aromatic carbocycles. The molecule has 1 amide bonds. The van der Waals surface area contributed by atoms with Crippen LogP contribution in [-0.4, -0.2) is 140 Å². The topological polar surface area (TPSA) is 228 Å². The first-order valence-electron chi connectivity index (χ1n) is 33.7. The summed E-state index contributed by atoms with van der Waals surface area (Å²) < 4.78 is 22.9. The molecule has 0 spiro atoms. The zero-order valence-corrected chi connectivity index (χ0v) is 52.2. The Kier molecular flexibility index (Phi) is 49.5. The molecule has 0 radical (unpaired) electrons. The van der Waals surface area contributed by atoms with Gasteiger partial charge in [0.05, 0.1) is 32.0 Å². The van der Waals surface area contributed by atoms with Gasteiger partial charge in [-0.15, -0.1) is 0 Å². The quantitative estimate of drug-likeness (QED) is 0.0204. The molecule has 83 heavy (non-hydrogen) atoms. The predicted molar refractivity (Wildman–Crippen MR) is 337 cm³/mol. The highest BCUT2D eigenvalue weighted by Gasteiger charge is 2.51. The number of aliphatic hydroxyl groups excluding tert-OH is 8. The molecule has 0 bridgehead atoms. The van der Waals surface area contributed by atoms with Gasteiger partial charge in [0.1, 0.15) is 48.8 Å². The lowest BCUT2D eigenvalue weighted by Gasteiger charge is -2.46. The van der Waals surface area contributed by atoms with E-state index in [4.69, 9.17) is 18.9 Å². The van der Waals surface area contributed by atoms with Crippen LogP contribution in [-0.2, 0) is 23.7 Å². The normalized spacial score (nSPS) is 24.3. The van der Waals surface area contributed by atoms with Crippen molar-refractivity contribution in [3.05, 3.63) is 72.9 Å². The molecule has 2 aliphatic heterocycles. The molecule has 14 nitrogen and oxygen atoms in total. The predicted octanol–water partition coefficient (Wildman–Crippen LogP) is 13.1. The Balaban J connectivity index is 1.71. The highest BCUT2D eigenvalue weighted by atomic mass is 16.7. The van der Waals surface area contributed by atoms with Crippen LogP contribution in [0.3, 0.4) is 0 Å². The van der Waals surface area contributed by atoms with Gasteiger partial charge in [-0.05, 0) is 64.2 Å². The maximum absolute atomic E-state index is 13.3. The van der Waals surface area contributed by atoms with E-state index < -0.39 is 86.8 Å². The third kappa shape index (κ3) is 38.4. The lowest BCUT2D eigenvalue weighted by molar-refractivity contribution is -0.359. The monoisotopic (exact) mass is 1170 g/mol. The van der Waals surface area contributed by atoms with Crippen LogP contribution in [0, 0.1) is 0 Å². The van der Waals surface area contributed by atoms with Crippen molar-refractivity contribution in [1.82, 2.24) is 5.32 Å². The standard InChI is InChI=1S/C69H123NO13/c1-3-5-7-9-11-13-15-17-19-21-23-25-27-29-31-33-35-37-39-41-43-45-47-49-51-53-61(74)70-57(56-80-68-66(79)64(77)67(60(55-72)82-68)83-69-65(78)63(76)62(75)59(54-71)81-69)58(73)52-50-48-46-44-42-40-38-36-34-32-30-28-26-24-22-20-18-16-14-12-10-8-6-4-2/h5,7,11,13,17,19,23,25,29,31,35,37,57-60,62-69,71-73,75-79H,3-4,6,8-10,12,14-16,18,20-22,24,26-28,30,32-34,36,38-56H2,1-2H3,(H,70,74)/b7-5-,13-11-,19-17-,25-23-,31-29-,37-35-. The van der Waals surface area contributed by atoms with E-state index in [0.717, 1.165) is 103 Å². The third-order valence-corrected chi connectivity index (χ3v) is 16.2. The van der Waals surface area contributed by atoms with Crippen molar-refractivity contribution in [1.29, 1.82) is 0 Å². The molecule has 0 saturated carbocycles. The lowest BCUT2D eigenvalue weighted by atomic mass is 9.97. The maximum Gasteiger partial charge on any atom is 0.220 e. The number of nitrogens with one attached hydrogen (secondary N) is 1. The van der Waals surface area contributed by atoms with E-state index in [1.165, 1.54) is 128 Å². The van der Waals surface area contributed by atoms with Crippen LogP contribution in [0.4, 0.5) is 0 Å². The Morgan fingerprint density at radius 1 is 0.446 bits per heavy atom. The molecule has 0 aromatic rings. The summed E-state index contributed by atoms with van der Waals surface area (Å²) in [5.74, 6) is -0.221. The lowest BCUT2D eigenvalue weighted by Crippen LogP contribution is -2.65. The first-order valence-corrected chi connectivity index (χ1v) is 33.7. The Morgan fingerprint density at radius 3 is 1.28 bits per heavy atom. The zero-order chi connectivity index (χ0) is 60.2. The first-order chi connectivity index (χ1) is 40.6. The van der Waals surface area contributed by atoms with Crippen molar-refractivity contribution in [2.45, 2.75) is 338 Å². The molecule has 0 aliphatic carbocycles. The number of rotatable bonds is 54. The summed E-state index contributed by atoms with van der Waals surface area (Å²) >= 11 is 0. The smallest absolute Gasteiger partial charge is 0.220 e. The van der Waals surface area contributed by atoms with Gasteiger partial charge in [0.2, 0.25) is 5.91 Å². The fraction of sp³-hybridized carbons (Fsp3) is 0.812. The molecule has 2 aliphatic rings. The van der Waals surface area contributed by atoms with E-state index in [1.54, 1.807) is 0 Å². The van der Waals surface area contributed by atoms with Gasteiger partial charge >= 0.3 is 0 Å². The highest BCUT2D eigenvalue weighted by Crippen LogP contribution is 2.30. The minimum absolute atomic E-state index is 0.221. The van der Waals surface area contributed by atoms with E-state index in [9.17, 15) is 45.6 Å². The van der Waals surface area contributed by atoms with Gasteiger partial charge in [-0.1, -0.05) is 267 Å². The van der Waals surface area contributed by atoms with Crippen LogP contribution in [0.25, 0.3) is 0 Å². The number of unbranched alkanes of at least 4 members (excludes halogenated alkanes) is 29. The van der Waals surface area contributed by atoms with Crippen LogP contribution >= 0.6 is 0 Å². The van der Waals surface area contributed by atoms with Crippen molar-refractivity contribution in [3.63, 3.8) is 0 Å². The molecule has 2 heterocycles. The zero-order valence-electron chi connectivity index (χ0n) is 52.2. The van der Waals surface area contributed by atoms with Crippen molar-refractivity contribution in [3.8, 4) is 0 Å². The van der Waals surface area contributed by atoms with E-state index in [0.29, 0.717) is 12.8 Å². The fourth-order valence-corrected chi connectivity index (χ4v) is 10.8. The maximum atomic E-state index is 13.3. The van der Waals surface area contributed by atoms with Crippen LogP contribution in [0.15, 0.2) is 72.9 Å². The van der Waals surface area contributed by atoms with Crippen LogP contribution in [0.2, 0.25) is 0 Å². The van der Waals surface area contributed by atoms with Gasteiger partial charge in [0.15, 0.2) is 12.6 Å². The minimum atomic E-state index is -1.79. The summed E-state index contributed by atoms with van der Waals surface area (Å²) in [6.07, 6.45) is 54.7. The number of carbonyl (C=O) groups is 1. The van der Waals surface area contributed by atoms with Crippen molar-refractivity contribution in [2.75, 3.05) is 19.8 Å². The van der Waals surface area contributed by atoms with Gasteiger partial charge in [0.25, 0.3) is 0 Å². The summed E-state index contributed by atoms with van der Waals surface area (Å²) in [5.41, 5.74) is 0. The largest absolute Gasteiger partial charge is 0.394 e. The number of aliphatic hydroxyl groups is 8. The average Bonchev–Trinajstić information content (AvgIpc) is 3.65. The summed E-state index contributed by atoms with van der Waals surface area (Å²) in [6, 6.07) is -0.843. The Labute approximate surface area is 504 Å². The van der Waals surface area contributed by atoms with Crippen LogP contribution < -0.4 is 5.32 Å². The number of hydrogen-bond acceptors (Lipinski definition) is 13. The van der Waals surface area contributed by atoms with E-state index in [-0.39, 0.29) is 18.9 Å². The van der Waals surface area contributed by atoms with E-state index in [1.807, 2.05) is 0 Å². The second-order valence-corrected chi connectivity index (χ2v) is 23.6. The molecule has 2 saturated heterocycles. The number of hydrogen-bond donors (Lipinski definition) is 9. The molecular formula is C69H123NO13. The molecular weight excluding hydrogens is 1050 g/mol. The van der Waals surface area contributed by atoms with Crippen molar-refractivity contribution in [2.24, 2.45) is 0 Å². The SMILES string of the molecule is CC/C=C\C/C=C\C/C=C\C/C=C\C/C=C\C/C=C\CCCCCCCCC(=O)NC(COC1OC(CO)C(OC2OC(CO)C(O)C(O)C2O)C(O)C1O)C(O)CCCCCCCCCCCCCCCCCCCCCCCCCC. The number of allylic oxidation sites excluding steroid dienone is 12. The van der Waals surface area contributed by atoms with Gasteiger partial charge < -0.3 is 65.1 Å². The Hall–Kier alpha value is -2.57. The number of amides is 1. The molecule has 12 unspecified atom stereocenters. The fourth-order valence-electron chi connectivity index (χ4n) is 10.8. The second kappa shape index (κ2) is 53.7. The average molecular weight is 1170 g/mol. The van der Waals surface area contributed by atoms with Crippen molar-refractivity contribution < 1.29 is 64.6 Å². The summed E-state index contributed by atoms with van der Waals surface area (Å²) in [7, 11) is 0. The molecule has 482 valence electrons. The molecule has 2 rings (SSSR count). The van der Waals surface area contributed by atoms with Crippen LogP contribution in [0.5, 0.6) is 0 Å². The van der Waals surface area contributed by atoms with Crippen LogP contribution in [0.1, 0.15) is 264 Å². The molecule has 2 fully saturated rings. The molecule has 0 aromatic heterocycles. The number of ether oxygens (including phenoxy) is 4. The van der Waals surface area contributed by atoms with Crippen molar-refractivity contribution >= 4 is 5.91 Å².